The molecule has 0 saturated carbocycles. The predicted molar refractivity (Wildman–Crippen MR) is 63.8 cm³/mol. The van der Waals surface area contributed by atoms with Gasteiger partial charge in [0.05, 0.1) is 5.69 Å². The second-order valence-electron chi connectivity index (χ2n) is 3.92. The van der Waals surface area contributed by atoms with Gasteiger partial charge < -0.3 is 4.90 Å². The highest BCUT2D eigenvalue weighted by atomic mass is 16.2. The Morgan fingerprint density at radius 1 is 1.18 bits per heavy atom. The van der Waals surface area contributed by atoms with Gasteiger partial charge in [0.2, 0.25) is 0 Å². The molecular weight excluding hydrogens is 218 g/mol. The van der Waals surface area contributed by atoms with Gasteiger partial charge in [0.1, 0.15) is 5.57 Å². The van der Waals surface area contributed by atoms with Crippen molar-refractivity contribution in [3.8, 4) is 0 Å². The van der Waals surface area contributed by atoms with Gasteiger partial charge in [0.25, 0.3) is 11.8 Å². The summed E-state index contributed by atoms with van der Waals surface area (Å²) in [6.07, 6.45) is 1.51. The molecule has 1 aromatic carbocycles. The van der Waals surface area contributed by atoms with E-state index in [9.17, 15) is 9.59 Å². The third-order valence-corrected chi connectivity index (χ3v) is 2.29. The molecule has 2 amide bonds. The Morgan fingerprint density at radius 3 is 2.41 bits per heavy atom. The summed E-state index contributed by atoms with van der Waals surface area (Å²) in [5.41, 5.74) is 3.31. The first-order valence-electron chi connectivity index (χ1n) is 5.18. The molecule has 0 unspecified atom stereocenters. The third kappa shape index (κ3) is 2.13. The van der Waals surface area contributed by atoms with Crippen LogP contribution in [0.4, 0.5) is 5.69 Å². The second kappa shape index (κ2) is 4.29. The van der Waals surface area contributed by atoms with Crippen LogP contribution in [0.1, 0.15) is 0 Å². The number of anilines is 1. The van der Waals surface area contributed by atoms with Crippen LogP contribution in [-0.4, -0.2) is 30.8 Å². The second-order valence-corrected chi connectivity index (χ2v) is 3.92. The smallest absolute Gasteiger partial charge is 0.284 e. The van der Waals surface area contributed by atoms with Crippen molar-refractivity contribution in [2.75, 3.05) is 19.1 Å². The van der Waals surface area contributed by atoms with E-state index in [1.807, 2.05) is 18.2 Å². The molecule has 2 rings (SSSR count). The fourth-order valence-corrected chi connectivity index (χ4v) is 1.56. The Kier molecular flexibility index (Phi) is 2.82. The van der Waals surface area contributed by atoms with E-state index in [4.69, 9.17) is 0 Å². The SMILES string of the molecule is CN(C)/C=C1\C(=O)NN(c2ccccc2)C1=O. The number of nitrogens with one attached hydrogen (secondary N) is 1. The lowest BCUT2D eigenvalue weighted by Gasteiger charge is -2.14. The van der Waals surface area contributed by atoms with Crippen molar-refractivity contribution in [2.45, 2.75) is 0 Å². The average molecular weight is 231 g/mol. The van der Waals surface area contributed by atoms with Crippen molar-refractivity contribution in [1.29, 1.82) is 0 Å². The minimum Gasteiger partial charge on any atom is -0.383 e. The molecule has 0 bridgehead atoms. The summed E-state index contributed by atoms with van der Waals surface area (Å²) >= 11 is 0. The lowest BCUT2D eigenvalue weighted by atomic mass is 10.2. The molecule has 1 N–H and O–H groups in total. The van der Waals surface area contributed by atoms with Crippen LogP contribution in [0.3, 0.4) is 0 Å². The van der Waals surface area contributed by atoms with Gasteiger partial charge in [0, 0.05) is 20.3 Å². The predicted octanol–water partition coefficient (Wildman–Crippen LogP) is 0.510. The van der Waals surface area contributed by atoms with Crippen LogP contribution >= 0.6 is 0 Å². The van der Waals surface area contributed by atoms with Crippen LogP contribution in [0.15, 0.2) is 42.1 Å². The zero-order chi connectivity index (χ0) is 12.4. The number of rotatable bonds is 2. The van der Waals surface area contributed by atoms with Gasteiger partial charge in [-0.15, -0.1) is 0 Å². The molecule has 0 atom stereocenters. The van der Waals surface area contributed by atoms with E-state index in [0.29, 0.717) is 5.69 Å². The number of amides is 2. The van der Waals surface area contributed by atoms with E-state index in [2.05, 4.69) is 5.43 Å². The Bertz CT molecular complexity index is 480. The number of hydrogen-bond acceptors (Lipinski definition) is 3. The number of para-hydroxylation sites is 1. The van der Waals surface area contributed by atoms with Gasteiger partial charge in [-0.1, -0.05) is 18.2 Å². The highest BCUT2D eigenvalue weighted by Crippen LogP contribution is 2.18. The van der Waals surface area contributed by atoms with Gasteiger partial charge in [-0.05, 0) is 12.1 Å². The van der Waals surface area contributed by atoms with Crippen molar-refractivity contribution in [3.63, 3.8) is 0 Å². The monoisotopic (exact) mass is 231 g/mol. The Hall–Kier alpha value is -2.30. The summed E-state index contributed by atoms with van der Waals surface area (Å²) < 4.78 is 0. The number of carbonyl (C=O) groups is 2. The summed E-state index contributed by atoms with van der Waals surface area (Å²) in [6.45, 7) is 0. The van der Waals surface area contributed by atoms with Crippen molar-refractivity contribution in [1.82, 2.24) is 10.3 Å². The van der Waals surface area contributed by atoms with Gasteiger partial charge >= 0.3 is 0 Å². The van der Waals surface area contributed by atoms with Crippen LogP contribution in [0.2, 0.25) is 0 Å². The quantitative estimate of drug-likeness (QED) is 0.596. The minimum atomic E-state index is -0.382. The van der Waals surface area contributed by atoms with Crippen molar-refractivity contribution < 1.29 is 9.59 Å². The molecule has 0 aliphatic carbocycles. The molecule has 0 aromatic heterocycles. The lowest BCUT2D eigenvalue weighted by Crippen LogP contribution is -2.35. The first-order chi connectivity index (χ1) is 8.09. The Labute approximate surface area is 99.3 Å². The maximum Gasteiger partial charge on any atom is 0.284 e. The van der Waals surface area contributed by atoms with E-state index in [-0.39, 0.29) is 17.4 Å². The first-order valence-corrected chi connectivity index (χ1v) is 5.18. The fourth-order valence-electron chi connectivity index (χ4n) is 1.56. The largest absolute Gasteiger partial charge is 0.383 e. The van der Waals surface area contributed by atoms with E-state index >= 15 is 0 Å². The van der Waals surface area contributed by atoms with Crippen LogP contribution < -0.4 is 10.4 Å². The van der Waals surface area contributed by atoms with Crippen LogP contribution in [0.25, 0.3) is 0 Å². The lowest BCUT2D eigenvalue weighted by molar-refractivity contribution is -0.117. The number of nitrogens with zero attached hydrogens (tertiary/aromatic N) is 2. The number of benzene rings is 1. The maximum absolute atomic E-state index is 12.0. The summed E-state index contributed by atoms with van der Waals surface area (Å²) in [6, 6.07) is 8.99. The van der Waals surface area contributed by atoms with Gasteiger partial charge in [0.15, 0.2) is 0 Å². The highest BCUT2D eigenvalue weighted by molar-refractivity contribution is 6.29. The summed E-state index contributed by atoms with van der Waals surface area (Å²) in [7, 11) is 3.53. The average Bonchev–Trinajstić information content (AvgIpc) is 2.58. The molecule has 1 fully saturated rings. The van der Waals surface area contributed by atoms with Crippen LogP contribution in [0.5, 0.6) is 0 Å². The van der Waals surface area contributed by atoms with Crippen LogP contribution in [0, 0.1) is 0 Å². The molecule has 1 heterocycles. The van der Waals surface area contributed by atoms with E-state index in [1.54, 1.807) is 31.1 Å². The van der Waals surface area contributed by atoms with Crippen molar-refractivity contribution in [3.05, 3.63) is 42.1 Å². The summed E-state index contributed by atoms with van der Waals surface area (Å²) in [4.78, 5) is 25.3. The molecule has 5 nitrogen and oxygen atoms in total. The van der Waals surface area contributed by atoms with E-state index < -0.39 is 0 Å². The molecule has 1 saturated heterocycles. The van der Waals surface area contributed by atoms with Gasteiger partial charge in [-0.3, -0.25) is 15.0 Å². The number of hydrazine groups is 1. The van der Waals surface area contributed by atoms with Crippen molar-refractivity contribution in [2.24, 2.45) is 0 Å². The number of hydrogen-bond donors (Lipinski definition) is 1. The van der Waals surface area contributed by atoms with Gasteiger partial charge in [-0.25, -0.2) is 5.01 Å². The topological polar surface area (TPSA) is 52.7 Å². The molecule has 1 aliphatic heterocycles. The minimum absolute atomic E-state index is 0.138. The molecule has 1 aromatic rings. The standard InChI is InChI=1S/C12H13N3O2/c1-14(2)8-10-11(16)13-15(12(10)17)9-6-4-3-5-7-9/h3-8H,1-2H3,(H,13,16)/b10-8+. The molecule has 1 aliphatic rings. The zero-order valence-corrected chi connectivity index (χ0v) is 9.68. The normalized spacial score (nSPS) is 17.5. The molecule has 17 heavy (non-hydrogen) atoms. The Morgan fingerprint density at radius 2 is 1.82 bits per heavy atom. The van der Waals surface area contributed by atoms with Crippen LogP contribution in [-0.2, 0) is 9.59 Å². The molecular formula is C12H13N3O2. The highest BCUT2D eigenvalue weighted by Gasteiger charge is 2.34. The van der Waals surface area contributed by atoms with E-state index in [0.717, 1.165) is 0 Å². The first kappa shape index (κ1) is 11.2. The fraction of sp³-hybridized carbons (Fsp3) is 0.167. The maximum atomic E-state index is 12.0. The molecule has 0 radical (unpaired) electrons. The summed E-state index contributed by atoms with van der Waals surface area (Å²) in [5, 5.41) is 1.25. The molecule has 88 valence electrons. The Balaban J connectivity index is 2.31. The molecule has 0 spiro atoms. The van der Waals surface area contributed by atoms with Crippen molar-refractivity contribution >= 4 is 17.5 Å². The van der Waals surface area contributed by atoms with Gasteiger partial charge in [-0.2, -0.15) is 0 Å². The third-order valence-electron chi connectivity index (χ3n) is 2.29. The molecule has 5 heteroatoms. The number of carbonyl (C=O) groups excluding carboxylic acids is 2. The van der Waals surface area contributed by atoms with E-state index in [1.165, 1.54) is 11.2 Å². The zero-order valence-electron chi connectivity index (χ0n) is 9.68. The summed E-state index contributed by atoms with van der Waals surface area (Å²) in [5.74, 6) is -0.720.